The van der Waals surface area contributed by atoms with E-state index in [1.807, 2.05) is 0 Å². The molecule has 2 amide bonds. The van der Waals surface area contributed by atoms with Gasteiger partial charge in [0.1, 0.15) is 0 Å². The summed E-state index contributed by atoms with van der Waals surface area (Å²) in [5.74, 6) is -1.19. The molecular formula is C14H20N2O4. The van der Waals surface area contributed by atoms with Crippen molar-refractivity contribution in [3.05, 3.63) is 0 Å². The molecule has 0 radical (unpaired) electrons. The minimum Gasteiger partial charge on any atom is -0.481 e. The smallest absolute Gasteiger partial charge is 0.306 e. The number of hydrogen-bond donors (Lipinski definition) is 2. The Kier molecular flexibility index (Phi) is 3.50. The molecule has 2 aliphatic carbocycles. The third kappa shape index (κ3) is 2.44. The Labute approximate surface area is 117 Å². The molecule has 1 aliphatic heterocycles. The van der Waals surface area contributed by atoms with Gasteiger partial charge in [-0.2, -0.15) is 0 Å². The van der Waals surface area contributed by atoms with Crippen LogP contribution < -0.4 is 5.32 Å². The maximum absolute atomic E-state index is 12.1. The Bertz CT molecular complexity index is 446. The fourth-order valence-corrected chi connectivity index (χ4v) is 3.43. The van der Waals surface area contributed by atoms with E-state index in [0.29, 0.717) is 13.0 Å². The van der Waals surface area contributed by atoms with Crippen molar-refractivity contribution in [1.29, 1.82) is 0 Å². The maximum Gasteiger partial charge on any atom is 0.306 e. The van der Waals surface area contributed by atoms with Crippen LogP contribution >= 0.6 is 0 Å². The lowest BCUT2D eigenvalue weighted by atomic mass is 9.96. The van der Waals surface area contributed by atoms with Crippen LogP contribution in [0, 0.1) is 11.8 Å². The largest absolute Gasteiger partial charge is 0.481 e. The van der Waals surface area contributed by atoms with Gasteiger partial charge in [-0.15, -0.1) is 0 Å². The minimum atomic E-state index is -0.747. The van der Waals surface area contributed by atoms with Gasteiger partial charge in [-0.25, -0.2) is 0 Å². The minimum absolute atomic E-state index is 0.0744. The number of hydrogen-bond acceptors (Lipinski definition) is 4. The SMILES string of the molecule is O=C(O)C1CCCC1CNC1CC(=O)N(C2CC2)C1=O. The number of carbonyl (C=O) groups is 3. The van der Waals surface area contributed by atoms with Gasteiger partial charge in [0, 0.05) is 6.04 Å². The summed E-state index contributed by atoms with van der Waals surface area (Å²) in [5.41, 5.74) is 0. The van der Waals surface area contributed by atoms with Gasteiger partial charge in [0.25, 0.3) is 0 Å². The highest BCUT2D eigenvalue weighted by atomic mass is 16.4. The highest BCUT2D eigenvalue weighted by Gasteiger charge is 2.46. The first-order chi connectivity index (χ1) is 9.58. The van der Waals surface area contributed by atoms with Gasteiger partial charge >= 0.3 is 5.97 Å². The van der Waals surface area contributed by atoms with Gasteiger partial charge in [-0.05, 0) is 38.1 Å². The molecule has 0 aromatic carbocycles. The van der Waals surface area contributed by atoms with E-state index in [0.717, 1.165) is 25.7 Å². The lowest BCUT2D eigenvalue weighted by molar-refractivity contribution is -0.143. The third-order valence-corrected chi connectivity index (χ3v) is 4.70. The molecule has 0 spiro atoms. The summed E-state index contributed by atoms with van der Waals surface area (Å²) in [4.78, 5) is 36.5. The van der Waals surface area contributed by atoms with E-state index in [9.17, 15) is 14.4 Å². The number of rotatable bonds is 5. The average molecular weight is 280 g/mol. The first kappa shape index (κ1) is 13.5. The van der Waals surface area contributed by atoms with Crippen LogP contribution in [0.5, 0.6) is 0 Å². The number of carboxylic acids is 1. The molecule has 1 heterocycles. The van der Waals surface area contributed by atoms with E-state index in [4.69, 9.17) is 5.11 Å². The first-order valence-electron chi connectivity index (χ1n) is 7.40. The molecule has 6 nitrogen and oxygen atoms in total. The van der Waals surface area contributed by atoms with E-state index < -0.39 is 12.0 Å². The number of carboxylic acid groups (broad SMARTS) is 1. The molecule has 20 heavy (non-hydrogen) atoms. The molecule has 1 saturated heterocycles. The van der Waals surface area contributed by atoms with Crippen molar-refractivity contribution < 1.29 is 19.5 Å². The summed E-state index contributed by atoms with van der Waals surface area (Å²) >= 11 is 0. The highest BCUT2D eigenvalue weighted by Crippen LogP contribution is 2.33. The van der Waals surface area contributed by atoms with Crippen molar-refractivity contribution in [3.63, 3.8) is 0 Å². The molecule has 3 aliphatic rings. The lowest BCUT2D eigenvalue weighted by Gasteiger charge is -2.19. The Morgan fingerprint density at radius 3 is 2.65 bits per heavy atom. The maximum atomic E-state index is 12.1. The molecule has 110 valence electrons. The zero-order valence-corrected chi connectivity index (χ0v) is 11.4. The van der Waals surface area contributed by atoms with Gasteiger partial charge in [-0.1, -0.05) is 6.42 Å². The second-order valence-corrected chi connectivity index (χ2v) is 6.13. The van der Waals surface area contributed by atoms with Gasteiger partial charge in [0.05, 0.1) is 18.4 Å². The first-order valence-corrected chi connectivity index (χ1v) is 7.40. The number of amides is 2. The normalized spacial score (nSPS) is 34.0. The van der Waals surface area contributed by atoms with Crippen molar-refractivity contribution in [1.82, 2.24) is 10.2 Å². The second kappa shape index (κ2) is 5.16. The van der Waals surface area contributed by atoms with Crippen molar-refractivity contribution >= 4 is 17.8 Å². The summed E-state index contributed by atoms with van der Waals surface area (Å²) in [6.07, 6.45) is 4.59. The van der Waals surface area contributed by atoms with Crippen LogP contribution in [0.3, 0.4) is 0 Å². The Morgan fingerprint density at radius 1 is 1.25 bits per heavy atom. The third-order valence-electron chi connectivity index (χ3n) is 4.70. The quantitative estimate of drug-likeness (QED) is 0.710. The van der Waals surface area contributed by atoms with Crippen molar-refractivity contribution in [3.8, 4) is 0 Å². The Hall–Kier alpha value is -1.43. The summed E-state index contributed by atoms with van der Waals surface area (Å²) in [6, 6.07) is -0.321. The van der Waals surface area contributed by atoms with E-state index in [-0.39, 0.29) is 36.1 Å². The zero-order valence-electron chi connectivity index (χ0n) is 11.4. The molecule has 0 aromatic rings. The van der Waals surface area contributed by atoms with Crippen molar-refractivity contribution in [2.24, 2.45) is 11.8 Å². The van der Waals surface area contributed by atoms with E-state index in [1.165, 1.54) is 4.90 Å². The van der Waals surface area contributed by atoms with Crippen LogP contribution in [0.1, 0.15) is 38.5 Å². The Morgan fingerprint density at radius 2 is 2.00 bits per heavy atom. The molecule has 2 N–H and O–H groups in total. The second-order valence-electron chi connectivity index (χ2n) is 6.13. The number of nitrogens with one attached hydrogen (secondary N) is 1. The van der Waals surface area contributed by atoms with Crippen molar-refractivity contribution in [2.45, 2.75) is 50.6 Å². The predicted molar refractivity (Wildman–Crippen MR) is 69.7 cm³/mol. The van der Waals surface area contributed by atoms with Gasteiger partial charge in [-0.3, -0.25) is 19.3 Å². The zero-order chi connectivity index (χ0) is 14.3. The lowest BCUT2D eigenvalue weighted by Crippen LogP contribution is -2.42. The van der Waals surface area contributed by atoms with Gasteiger partial charge in [0.2, 0.25) is 11.8 Å². The summed E-state index contributed by atoms with van der Waals surface area (Å²) in [7, 11) is 0. The van der Waals surface area contributed by atoms with E-state index in [2.05, 4.69) is 5.32 Å². The van der Waals surface area contributed by atoms with Gasteiger partial charge in [0.15, 0.2) is 0 Å². The van der Waals surface area contributed by atoms with Crippen LogP contribution in [0.15, 0.2) is 0 Å². The van der Waals surface area contributed by atoms with Crippen LogP contribution in [-0.2, 0) is 14.4 Å². The van der Waals surface area contributed by atoms with Crippen LogP contribution in [0.25, 0.3) is 0 Å². The highest BCUT2D eigenvalue weighted by molar-refractivity contribution is 6.06. The molecule has 3 fully saturated rings. The van der Waals surface area contributed by atoms with E-state index >= 15 is 0 Å². The molecule has 3 atom stereocenters. The molecule has 0 aromatic heterocycles. The predicted octanol–water partition coefficient (Wildman–Crippen LogP) is 0.367. The van der Waals surface area contributed by atoms with Gasteiger partial charge < -0.3 is 10.4 Å². The number of aliphatic carboxylic acids is 1. The number of imide groups is 1. The van der Waals surface area contributed by atoms with Crippen LogP contribution in [0.2, 0.25) is 0 Å². The van der Waals surface area contributed by atoms with Crippen LogP contribution in [0.4, 0.5) is 0 Å². The summed E-state index contributed by atoms with van der Waals surface area (Å²) < 4.78 is 0. The monoisotopic (exact) mass is 280 g/mol. The molecule has 3 rings (SSSR count). The fraction of sp³-hybridized carbons (Fsp3) is 0.786. The Balaban J connectivity index is 1.55. The average Bonchev–Trinajstić information content (AvgIpc) is 3.02. The molecule has 0 bridgehead atoms. The van der Waals surface area contributed by atoms with Crippen LogP contribution in [-0.4, -0.2) is 46.4 Å². The molecule has 6 heteroatoms. The van der Waals surface area contributed by atoms with E-state index in [1.54, 1.807) is 0 Å². The molecular weight excluding hydrogens is 260 g/mol. The topological polar surface area (TPSA) is 86.7 Å². The number of nitrogens with zero attached hydrogens (tertiary/aromatic N) is 1. The molecule has 2 saturated carbocycles. The van der Waals surface area contributed by atoms with Crippen molar-refractivity contribution in [2.75, 3.05) is 6.54 Å². The number of carbonyl (C=O) groups excluding carboxylic acids is 2. The fourth-order valence-electron chi connectivity index (χ4n) is 3.43. The molecule has 3 unspecified atom stereocenters. The summed E-state index contributed by atoms with van der Waals surface area (Å²) in [5, 5.41) is 12.3. The standard InChI is InChI=1S/C14H20N2O4/c17-12-6-11(13(18)16(12)9-4-5-9)15-7-8-2-1-3-10(8)14(19)20/h8-11,15H,1-7H2,(H,19,20). The number of likely N-dealkylation sites (tertiary alicyclic amines) is 1. The summed E-state index contributed by atoms with van der Waals surface area (Å²) in [6.45, 7) is 0.513.